The highest BCUT2D eigenvalue weighted by Gasteiger charge is 2.24. The Morgan fingerprint density at radius 1 is 1.37 bits per heavy atom. The molecule has 0 aliphatic heterocycles. The molecule has 1 aromatic rings. The van der Waals surface area contributed by atoms with Gasteiger partial charge in [-0.1, -0.05) is 19.4 Å². The largest absolute Gasteiger partial charge is 0.495 e. The van der Waals surface area contributed by atoms with Gasteiger partial charge in [-0.2, -0.15) is 0 Å². The summed E-state index contributed by atoms with van der Waals surface area (Å²) >= 11 is 5.76. The molecule has 1 rings (SSSR count). The lowest BCUT2D eigenvalue weighted by Crippen LogP contribution is -2.28. The zero-order valence-electron chi connectivity index (χ0n) is 11.5. The summed E-state index contributed by atoms with van der Waals surface area (Å²) < 4.78 is 31.5. The van der Waals surface area contributed by atoms with Crippen LogP contribution in [0.25, 0.3) is 0 Å². The van der Waals surface area contributed by atoms with E-state index in [1.54, 1.807) is 25.2 Å². The quantitative estimate of drug-likeness (QED) is 0.728. The molecule has 108 valence electrons. The van der Waals surface area contributed by atoms with Crippen LogP contribution in [-0.2, 0) is 15.9 Å². The summed E-state index contributed by atoms with van der Waals surface area (Å²) in [5, 5.41) is 0. The second-order valence-electron chi connectivity index (χ2n) is 4.30. The van der Waals surface area contributed by atoms with E-state index in [1.807, 2.05) is 6.92 Å². The normalized spacial score (nSPS) is 11.8. The van der Waals surface area contributed by atoms with Crippen molar-refractivity contribution in [1.29, 1.82) is 0 Å². The number of rotatable bonds is 7. The van der Waals surface area contributed by atoms with Gasteiger partial charge in [-0.15, -0.1) is 11.6 Å². The van der Waals surface area contributed by atoms with E-state index in [-0.39, 0.29) is 10.8 Å². The Labute approximate surface area is 120 Å². The maximum absolute atomic E-state index is 12.5. The van der Waals surface area contributed by atoms with Gasteiger partial charge in [0.2, 0.25) is 10.0 Å². The van der Waals surface area contributed by atoms with Gasteiger partial charge in [0.1, 0.15) is 10.6 Å². The van der Waals surface area contributed by atoms with Gasteiger partial charge in [-0.25, -0.2) is 12.7 Å². The van der Waals surface area contributed by atoms with Crippen LogP contribution in [0, 0.1) is 0 Å². The van der Waals surface area contributed by atoms with E-state index in [4.69, 9.17) is 16.3 Å². The lowest BCUT2D eigenvalue weighted by Gasteiger charge is -2.19. The molecule has 6 heteroatoms. The van der Waals surface area contributed by atoms with Crippen molar-refractivity contribution in [2.24, 2.45) is 0 Å². The first-order valence-corrected chi connectivity index (χ1v) is 8.14. The fourth-order valence-corrected chi connectivity index (χ4v) is 3.25. The number of hydrogen-bond donors (Lipinski definition) is 0. The van der Waals surface area contributed by atoms with Crippen LogP contribution in [0.5, 0.6) is 5.75 Å². The average molecular weight is 306 g/mol. The first kappa shape index (κ1) is 16.3. The lowest BCUT2D eigenvalue weighted by atomic mass is 10.2. The summed E-state index contributed by atoms with van der Waals surface area (Å²) in [6, 6.07) is 4.97. The number of hydrogen-bond acceptors (Lipinski definition) is 3. The summed E-state index contributed by atoms with van der Waals surface area (Å²) in [7, 11) is -0.497. The number of unbranched alkanes of at least 4 members (excludes halogenated alkanes) is 1. The summed E-state index contributed by atoms with van der Waals surface area (Å²) in [6.45, 7) is 2.52. The van der Waals surface area contributed by atoms with Crippen LogP contribution in [0.15, 0.2) is 23.1 Å². The molecule has 0 fully saturated rings. The van der Waals surface area contributed by atoms with Gasteiger partial charge in [0.15, 0.2) is 0 Å². The molecular formula is C13H20ClNO3S. The standard InChI is InChI=1S/C13H20ClNO3S/c1-4-5-8-15(2)19(16,17)13-9-11(10-14)6-7-12(13)18-3/h6-7,9H,4-5,8,10H2,1-3H3. The molecule has 0 aliphatic rings. The predicted octanol–water partition coefficient (Wildman–Crippen LogP) is 2.85. The number of sulfonamides is 1. The Morgan fingerprint density at radius 3 is 2.58 bits per heavy atom. The van der Waals surface area contributed by atoms with E-state index in [2.05, 4.69) is 0 Å². The first-order valence-electron chi connectivity index (χ1n) is 6.16. The van der Waals surface area contributed by atoms with Crippen molar-refractivity contribution in [1.82, 2.24) is 4.31 Å². The van der Waals surface area contributed by atoms with Gasteiger partial charge >= 0.3 is 0 Å². The van der Waals surface area contributed by atoms with Gasteiger partial charge < -0.3 is 4.74 Å². The van der Waals surface area contributed by atoms with Gasteiger partial charge in [-0.05, 0) is 24.1 Å². The Morgan fingerprint density at radius 2 is 2.05 bits per heavy atom. The van der Waals surface area contributed by atoms with Crippen molar-refractivity contribution in [3.8, 4) is 5.75 Å². The lowest BCUT2D eigenvalue weighted by molar-refractivity contribution is 0.397. The molecule has 0 saturated carbocycles. The Balaban J connectivity index is 3.18. The number of alkyl halides is 1. The minimum Gasteiger partial charge on any atom is -0.495 e. The smallest absolute Gasteiger partial charge is 0.246 e. The van der Waals surface area contributed by atoms with Crippen LogP contribution in [0.4, 0.5) is 0 Å². The van der Waals surface area contributed by atoms with Crippen LogP contribution >= 0.6 is 11.6 Å². The van der Waals surface area contributed by atoms with Crippen molar-refractivity contribution in [2.45, 2.75) is 30.5 Å². The van der Waals surface area contributed by atoms with Crippen LogP contribution in [0.2, 0.25) is 0 Å². The Hall–Kier alpha value is -0.780. The summed E-state index contributed by atoms with van der Waals surface area (Å²) in [4.78, 5) is 0.173. The zero-order chi connectivity index (χ0) is 14.5. The maximum atomic E-state index is 12.5. The van der Waals surface area contributed by atoms with Crippen molar-refractivity contribution >= 4 is 21.6 Å². The Bertz CT molecular complexity index is 517. The van der Waals surface area contributed by atoms with Crippen LogP contribution < -0.4 is 4.74 Å². The monoisotopic (exact) mass is 305 g/mol. The molecule has 0 heterocycles. The van der Waals surface area contributed by atoms with Crippen molar-refractivity contribution in [3.63, 3.8) is 0 Å². The SMILES string of the molecule is CCCCN(C)S(=O)(=O)c1cc(CCl)ccc1OC. The molecule has 0 aliphatic carbocycles. The van der Waals surface area contributed by atoms with E-state index in [1.165, 1.54) is 11.4 Å². The molecule has 0 atom stereocenters. The molecule has 0 bridgehead atoms. The summed E-state index contributed by atoms with van der Waals surface area (Å²) in [5.74, 6) is 0.614. The molecule has 4 nitrogen and oxygen atoms in total. The number of methoxy groups -OCH3 is 1. The topological polar surface area (TPSA) is 46.6 Å². The van der Waals surface area contributed by atoms with Gasteiger partial charge in [0, 0.05) is 19.5 Å². The third-order valence-corrected chi connectivity index (χ3v) is 5.08. The molecule has 0 N–H and O–H groups in total. The van der Waals surface area contributed by atoms with Crippen molar-refractivity contribution in [2.75, 3.05) is 20.7 Å². The highest BCUT2D eigenvalue weighted by atomic mass is 35.5. The van der Waals surface area contributed by atoms with E-state index in [0.717, 1.165) is 18.4 Å². The average Bonchev–Trinajstić information content (AvgIpc) is 2.43. The second-order valence-corrected chi connectivity index (χ2v) is 6.58. The van der Waals surface area contributed by atoms with Crippen molar-refractivity contribution < 1.29 is 13.2 Å². The summed E-state index contributed by atoms with van der Waals surface area (Å²) in [6.07, 6.45) is 1.77. The second kappa shape index (κ2) is 7.12. The van der Waals surface area contributed by atoms with Gasteiger partial charge in [-0.3, -0.25) is 0 Å². The maximum Gasteiger partial charge on any atom is 0.246 e. The van der Waals surface area contributed by atoms with E-state index < -0.39 is 10.0 Å². The van der Waals surface area contributed by atoms with Gasteiger partial charge in [0.25, 0.3) is 0 Å². The molecule has 1 aromatic carbocycles. The molecule has 0 radical (unpaired) electrons. The molecule has 0 unspecified atom stereocenters. The number of ether oxygens (including phenoxy) is 1. The minimum absolute atomic E-state index is 0.173. The van der Waals surface area contributed by atoms with Crippen LogP contribution in [-0.4, -0.2) is 33.4 Å². The van der Waals surface area contributed by atoms with E-state index in [9.17, 15) is 8.42 Å². The number of benzene rings is 1. The van der Waals surface area contributed by atoms with Crippen LogP contribution in [0.1, 0.15) is 25.3 Å². The molecule has 19 heavy (non-hydrogen) atoms. The third kappa shape index (κ3) is 3.84. The van der Waals surface area contributed by atoms with Crippen LogP contribution in [0.3, 0.4) is 0 Å². The molecule has 0 saturated heterocycles. The fourth-order valence-electron chi connectivity index (χ4n) is 1.67. The first-order chi connectivity index (χ1) is 8.97. The van der Waals surface area contributed by atoms with E-state index in [0.29, 0.717) is 12.3 Å². The van der Waals surface area contributed by atoms with Crippen molar-refractivity contribution in [3.05, 3.63) is 23.8 Å². The predicted molar refractivity (Wildman–Crippen MR) is 77.3 cm³/mol. The fraction of sp³-hybridized carbons (Fsp3) is 0.538. The molecule has 0 aromatic heterocycles. The highest BCUT2D eigenvalue weighted by Crippen LogP contribution is 2.28. The molecule has 0 spiro atoms. The third-order valence-electron chi connectivity index (χ3n) is 2.90. The minimum atomic E-state index is -3.54. The van der Waals surface area contributed by atoms with Gasteiger partial charge in [0.05, 0.1) is 7.11 Å². The highest BCUT2D eigenvalue weighted by molar-refractivity contribution is 7.89. The van der Waals surface area contributed by atoms with E-state index >= 15 is 0 Å². The zero-order valence-corrected chi connectivity index (χ0v) is 13.1. The number of nitrogens with zero attached hydrogens (tertiary/aromatic N) is 1. The number of halogens is 1. The molecular weight excluding hydrogens is 286 g/mol. The summed E-state index contributed by atoms with van der Waals surface area (Å²) in [5.41, 5.74) is 0.755. The Kier molecular flexibility index (Phi) is 6.10. The molecule has 0 amide bonds.